The van der Waals surface area contributed by atoms with Gasteiger partial charge in [-0.1, -0.05) is 12.8 Å². The second-order valence-electron chi connectivity index (χ2n) is 6.16. The van der Waals surface area contributed by atoms with E-state index in [2.05, 4.69) is 17.1 Å². The fourth-order valence-electron chi connectivity index (χ4n) is 3.64. The molecule has 1 atom stereocenters. The van der Waals surface area contributed by atoms with E-state index in [9.17, 15) is 4.79 Å². The maximum Gasteiger partial charge on any atom is 0.244 e. The minimum atomic E-state index is -0.209. The van der Waals surface area contributed by atoms with Crippen molar-refractivity contribution in [2.45, 2.75) is 44.2 Å². The van der Waals surface area contributed by atoms with Crippen LogP contribution in [-0.4, -0.2) is 66.8 Å². The van der Waals surface area contributed by atoms with Crippen LogP contribution in [0.3, 0.4) is 0 Å². The molecule has 0 aromatic heterocycles. The highest BCUT2D eigenvalue weighted by Crippen LogP contribution is 2.35. The van der Waals surface area contributed by atoms with E-state index in [4.69, 9.17) is 4.74 Å². The zero-order chi connectivity index (χ0) is 13.3. The lowest BCUT2D eigenvalue weighted by Gasteiger charge is -2.33. The van der Waals surface area contributed by atoms with E-state index in [1.54, 1.807) is 0 Å². The second kappa shape index (κ2) is 5.38. The van der Waals surface area contributed by atoms with Crippen LogP contribution in [-0.2, 0) is 9.53 Å². The Kier molecular flexibility index (Phi) is 3.78. The molecule has 1 saturated carbocycles. The van der Waals surface area contributed by atoms with Gasteiger partial charge in [-0.2, -0.15) is 0 Å². The molecule has 2 saturated heterocycles. The molecule has 1 amide bonds. The molecule has 2 aliphatic heterocycles. The summed E-state index contributed by atoms with van der Waals surface area (Å²) in [6.07, 6.45) is 4.41. The number of carbonyl (C=O) groups is 1. The summed E-state index contributed by atoms with van der Waals surface area (Å²) in [5, 5.41) is 3.48. The second-order valence-corrected chi connectivity index (χ2v) is 6.16. The molecule has 5 heteroatoms. The molecule has 0 bridgehead atoms. The van der Waals surface area contributed by atoms with Crippen LogP contribution in [0.5, 0.6) is 0 Å². The first-order chi connectivity index (χ1) is 9.21. The first kappa shape index (κ1) is 13.3. The van der Waals surface area contributed by atoms with E-state index in [1.807, 2.05) is 4.90 Å². The quantitative estimate of drug-likeness (QED) is 0.804. The molecule has 3 rings (SSSR count). The van der Waals surface area contributed by atoms with Gasteiger partial charge in [-0.15, -0.1) is 0 Å². The number of morpholine rings is 1. The molecule has 1 aliphatic carbocycles. The van der Waals surface area contributed by atoms with Crippen molar-refractivity contribution in [2.75, 3.05) is 39.5 Å². The third kappa shape index (κ3) is 2.51. The molecule has 0 radical (unpaired) electrons. The summed E-state index contributed by atoms with van der Waals surface area (Å²) in [7, 11) is 0. The lowest BCUT2D eigenvalue weighted by molar-refractivity contribution is -0.134. The van der Waals surface area contributed by atoms with Crippen molar-refractivity contribution < 1.29 is 9.53 Å². The van der Waals surface area contributed by atoms with Gasteiger partial charge in [0.25, 0.3) is 0 Å². The predicted octanol–water partition coefficient (Wildman–Crippen LogP) is 0.409. The number of carbonyl (C=O) groups excluding carboxylic acids is 1. The molecule has 5 nitrogen and oxygen atoms in total. The Morgan fingerprint density at radius 2 is 2.00 bits per heavy atom. The Balaban J connectivity index is 1.58. The smallest absolute Gasteiger partial charge is 0.244 e. The van der Waals surface area contributed by atoms with Gasteiger partial charge >= 0.3 is 0 Å². The van der Waals surface area contributed by atoms with Gasteiger partial charge in [-0.3, -0.25) is 15.0 Å². The van der Waals surface area contributed by atoms with Gasteiger partial charge in [0.2, 0.25) is 5.91 Å². The van der Waals surface area contributed by atoms with Crippen molar-refractivity contribution in [3.8, 4) is 0 Å². The summed E-state index contributed by atoms with van der Waals surface area (Å²) >= 11 is 0. The number of ether oxygens (including phenoxy) is 1. The molecule has 0 aromatic rings. The van der Waals surface area contributed by atoms with Crippen LogP contribution in [0, 0.1) is 0 Å². The summed E-state index contributed by atoms with van der Waals surface area (Å²) in [4.78, 5) is 17.1. The van der Waals surface area contributed by atoms with Crippen molar-refractivity contribution in [2.24, 2.45) is 0 Å². The molecule has 1 N–H and O–H groups in total. The Hall–Kier alpha value is -0.650. The van der Waals surface area contributed by atoms with Crippen LogP contribution in [0.15, 0.2) is 0 Å². The molecular formula is C14H25N3O2. The Morgan fingerprint density at radius 1 is 1.32 bits per heavy atom. The minimum absolute atomic E-state index is 0.209. The van der Waals surface area contributed by atoms with Crippen molar-refractivity contribution >= 4 is 5.91 Å². The molecular weight excluding hydrogens is 242 g/mol. The summed E-state index contributed by atoms with van der Waals surface area (Å²) < 4.78 is 5.37. The number of amides is 1. The molecule has 2 heterocycles. The highest BCUT2D eigenvalue weighted by molar-refractivity contribution is 5.88. The van der Waals surface area contributed by atoms with Gasteiger partial charge in [-0.05, 0) is 19.8 Å². The summed E-state index contributed by atoms with van der Waals surface area (Å²) in [5.41, 5.74) is -0.209. The maximum absolute atomic E-state index is 12.6. The Morgan fingerprint density at radius 3 is 2.68 bits per heavy atom. The standard InChI is InChI=1S/C14H25N3O2/c1-12(10-16-6-8-19-9-7-16)17-11-15-14(13(17)18)4-2-3-5-14/h12,15H,2-11H2,1H3. The Bertz CT molecular complexity index is 336. The van der Waals surface area contributed by atoms with Gasteiger partial charge in [0.1, 0.15) is 0 Å². The van der Waals surface area contributed by atoms with Crippen LogP contribution in [0.2, 0.25) is 0 Å². The first-order valence-electron chi connectivity index (χ1n) is 7.57. The lowest BCUT2D eigenvalue weighted by atomic mass is 9.97. The number of rotatable bonds is 3. The highest BCUT2D eigenvalue weighted by atomic mass is 16.5. The van der Waals surface area contributed by atoms with Gasteiger partial charge < -0.3 is 9.64 Å². The summed E-state index contributed by atoms with van der Waals surface area (Å²) in [6, 6.07) is 0.290. The number of hydrogen-bond acceptors (Lipinski definition) is 4. The predicted molar refractivity (Wildman–Crippen MR) is 72.8 cm³/mol. The summed E-state index contributed by atoms with van der Waals surface area (Å²) in [6.45, 7) is 7.49. The third-order valence-electron chi connectivity index (χ3n) is 4.87. The van der Waals surface area contributed by atoms with E-state index in [0.717, 1.165) is 52.4 Å². The fourth-order valence-corrected chi connectivity index (χ4v) is 3.64. The van der Waals surface area contributed by atoms with Crippen molar-refractivity contribution in [1.82, 2.24) is 15.1 Å². The van der Waals surface area contributed by atoms with E-state index >= 15 is 0 Å². The normalized spacial score (nSPS) is 29.3. The van der Waals surface area contributed by atoms with Crippen LogP contribution >= 0.6 is 0 Å². The monoisotopic (exact) mass is 267 g/mol. The number of hydrogen-bond donors (Lipinski definition) is 1. The molecule has 1 unspecified atom stereocenters. The average molecular weight is 267 g/mol. The minimum Gasteiger partial charge on any atom is -0.379 e. The average Bonchev–Trinajstić information content (AvgIpc) is 3.01. The van der Waals surface area contributed by atoms with Crippen LogP contribution in [0.4, 0.5) is 0 Å². The van der Waals surface area contributed by atoms with Crippen LogP contribution in [0.25, 0.3) is 0 Å². The van der Waals surface area contributed by atoms with Crippen molar-refractivity contribution in [3.05, 3.63) is 0 Å². The topological polar surface area (TPSA) is 44.8 Å². The van der Waals surface area contributed by atoms with E-state index in [1.165, 1.54) is 12.8 Å². The van der Waals surface area contributed by atoms with Crippen LogP contribution in [0.1, 0.15) is 32.6 Å². The molecule has 1 spiro atoms. The fraction of sp³-hybridized carbons (Fsp3) is 0.929. The Labute approximate surface area is 115 Å². The third-order valence-corrected chi connectivity index (χ3v) is 4.87. The first-order valence-corrected chi connectivity index (χ1v) is 7.57. The highest BCUT2D eigenvalue weighted by Gasteiger charge is 2.49. The molecule has 0 aromatic carbocycles. The summed E-state index contributed by atoms with van der Waals surface area (Å²) in [5.74, 6) is 0.339. The lowest BCUT2D eigenvalue weighted by Crippen LogP contribution is -2.49. The number of nitrogens with one attached hydrogen (secondary N) is 1. The molecule has 19 heavy (non-hydrogen) atoms. The SMILES string of the molecule is CC(CN1CCOCC1)N1CNC2(CCCC2)C1=O. The van der Waals surface area contributed by atoms with Gasteiger partial charge in [-0.25, -0.2) is 0 Å². The molecule has 108 valence electrons. The zero-order valence-electron chi connectivity index (χ0n) is 11.9. The maximum atomic E-state index is 12.6. The largest absolute Gasteiger partial charge is 0.379 e. The van der Waals surface area contributed by atoms with E-state index in [-0.39, 0.29) is 11.6 Å². The van der Waals surface area contributed by atoms with E-state index < -0.39 is 0 Å². The van der Waals surface area contributed by atoms with Gasteiger partial charge in [0.05, 0.1) is 25.4 Å². The number of nitrogens with zero attached hydrogens (tertiary/aromatic N) is 2. The van der Waals surface area contributed by atoms with Gasteiger partial charge in [0, 0.05) is 25.7 Å². The van der Waals surface area contributed by atoms with Crippen molar-refractivity contribution in [3.63, 3.8) is 0 Å². The van der Waals surface area contributed by atoms with Gasteiger partial charge in [0.15, 0.2) is 0 Å². The van der Waals surface area contributed by atoms with Crippen LogP contribution < -0.4 is 5.32 Å². The van der Waals surface area contributed by atoms with Crippen molar-refractivity contribution in [1.29, 1.82) is 0 Å². The molecule has 3 fully saturated rings. The molecule has 3 aliphatic rings. The zero-order valence-corrected chi connectivity index (χ0v) is 11.9. The van der Waals surface area contributed by atoms with E-state index in [0.29, 0.717) is 5.91 Å².